The molecule has 0 rings (SSSR count). The molecule has 0 bridgehead atoms. The van der Waals surface area contributed by atoms with E-state index in [1.165, 1.54) is 0 Å². The van der Waals surface area contributed by atoms with Crippen molar-refractivity contribution in [2.24, 2.45) is 0 Å². The number of carboxylic acids is 1. The molecule has 0 aliphatic heterocycles. The fourth-order valence-electron chi connectivity index (χ4n) is 0.243. The van der Waals surface area contributed by atoms with Gasteiger partial charge in [-0.15, -0.1) is 0 Å². The summed E-state index contributed by atoms with van der Waals surface area (Å²) in [6, 6.07) is 0. The van der Waals surface area contributed by atoms with Gasteiger partial charge in [0.25, 0.3) is 0 Å². The van der Waals surface area contributed by atoms with E-state index in [-0.39, 0.29) is 0 Å². The molecule has 0 heterocycles. The van der Waals surface area contributed by atoms with E-state index in [2.05, 4.69) is 0 Å². The van der Waals surface area contributed by atoms with Gasteiger partial charge in [-0.05, 0) is 0 Å². The van der Waals surface area contributed by atoms with Crippen molar-refractivity contribution >= 4 is 12.3 Å². The first-order valence-electron chi connectivity index (χ1n) is 2.04. The number of carboxylic acid groups (broad SMARTS) is 1. The lowest BCUT2D eigenvalue weighted by atomic mass is 10.3. The summed E-state index contributed by atoms with van der Waals surface area (Å²) >= 11 is 0. The molecule has 3 nitrogen and oxygen atoms in total. The van der Waals surface area contributed by atoms with E-state index in [1.54, 1.807) is 0 Å². The Hall–Kier alpha value is -1.00. The van der Waals surface area contributed by atoms with Crippen molar-refractivity contribution in [1.29, 1.82) is 0 Å². The minimum atomic E-state index is -3.72. The number of halogens is 2. The molecule has 0 aromatic carbocycles. The van der Waals surface area contributed by atoms with E-state index < -0.39 is 24.6 Å². The van der Waals surface area contributed by atoms with Crippen LogP contribution >= 0.6 is 0 Å². The van der Waals surface area contributed by atoms with Crippen LogP contribution in [0.3, 0.4) is 0 Å². The Kier molecular flexibility index (Phi) is 2.24. The normalized spacial score (nSPS) is 10.9. The lowest BCUT2D eigenvalue weighted by Gasteiger charge is -2.01. The summed E-state index contributed by atoms with van der Waals surface area (Å²) in [7, 11) is 0. The van der Waals surface area contributed by atoms with Gasteiger partial charge in [0.1, 0.15) is 6.42 Å². The van der Waals surface area contributed by atoms with Crippen molar-refractivity contribution in [2.75, 3.05) is 0 Å². The monoisotopic (exact) mass is 138 g/mol. The molecule has 1 N–H and O–H groups in total. The standard InChI is InChI=1S/C4H4F2O3/c5-4(6,2-7)1-3(8)9/h2H,1H2,(H,8,9). The van der Waals surface area contributed by atoms with Gasteiger partial charge >= 0.3 is 11.9 Å². The largest absolute Gasteiger partial charge is 0.481 e. The van der Waals surface area contributed by atoms with Gasteiger partial charge in [0, 0.05) is 0 Å². The SMILES string of the molecule is O=CC(F)(F)CC(=O)O. The second-order valence-corrected chi connectivity index (χ2v) is 1.45. The van der Waals surface area contributed by atoms with Crippen LogP contribution in [-0.4, -0.2) is 23.3 Å². The Morgan fingerprint density at radius 2 is 2.11 bits per heavy atom. The average molecular weight is 138 g/mol. The molecule has 52 valence electrons. The molecule has 0 spiro atoms. The van der Waals surface area contributed by atoms with E-state index in [0.29, 0.717) is 0 Å². The number of carbonyl (C=O) groups is 2. The van der Waals surface area contributed by atoms with Crippen LogP contribution in [0.5, 0.6) is 0 Å². The van der Waals surface area contributed by atoms with Crippen LogP contribution in [0, 0.1) is 0 Å². The number of carbonyl (C=O) groups excluding carboxylic acids is 1. The summed E-state index contributed by atoms with van der Waals surface area (Å²) in [4.78, 5) is 18.9. The Morgan fingerprint density at radius 3 is 2.22 bits per heavy atom. The number of hydrogen-bond donors (Lipinski definition) is 1. The Balaban J connectivity index is 3.86. The quantitative estimate of drug-likeness (QED) is 0.570. The summed E-state index contributed by atoms with van der Waals surface area (Å²) in [5.74, 6) is -5.40. The maximum atomic E-state index is 11.7. The fourth-order valence-corrected chi connectivity index (χ4v) is 0.243. The van der Waals surface area contributed by atoms with Gasteiger partial charge in [-0.25, -0.2) is 0 Å². The van der Waals surface area contributed by atoms with Crippen LogP contribution in [-0.2, 0) is 9.59 Å². The van der Waals surface area contributed by atoms with Crippen molar-refractivity contribution in [3.63, 3.8) is 0 Å². The topological polar surface area (TPSA) is 54.4 Å². The van der Waals surface area contributed by atoms with Gasteiger partial charge in [0.2, 0.25) is 0 Å². The molecule has 0 fully saturated rings. The maximum Gasteiger partial charge on any atom is 0.312 e. The number of rotatable bonds is 3. The lowest BCUT2D eigenvalue weighted by Crippen LogP contribution is -2.21. The van der Waals surface area contributed by atoms with Crippen molar-refractivity contribution < 1.29 is 23.5 Å². The van der Waals surface area contributed by atoms with Crippen LogP contribution < -0.4 is 0 Å². The van der Waals surface area contributed by atoms with E-state index in [4.69, 9.17) is 5.11 Å². The Labute approximate surface area is 49.3 Å². The smallest absolute Gasteiger partial charge is 0.312 e. The highest BCUT2D eigenvalue weighted by molar-refractivity contribution is 5.74. The van der Waals surface area contributed by atoms with Crippen molar-refractivity contribution in [1.82, 2.24) is 0 Å². The van der Waals surface area contributed by atoms with Crippen LogP contribution in [0.4, 0.5) is 8.78 Å². The maximum absolute atomic E-state index is 11.7. The fraction of sp³-hybridized carbons (Fsp3) is 0.500. The molecule has 0 unspecified atom stereocenters. The minimum absolute atomic E-state index is 0.679. The van der Waals surface area contributed by atoms with Crippen LogP contribution in [0.15, 0.2) is 0 Å². The second-order valence-electron chi connectivity index (χ2n) is 1.45. The molecule has 0 aliphatic rings. The highest BCUT2D eigenvalue weighted by Gasteiger charge is 2.31. The summed E-state index contributed by atoms with van der Waals surface area (Å²) in [5.41, 5.74) is 0. The van der Waals surface area contributed by atoms with Crippen molar-refractivity contribution in [3.05, 3.63) is 0 Å². The molecule has 0 aliphatic carbocycles. The Bertz CT molecular complexity index is 132. The number of alkyl halides is 2. The predicted octanol–water partition coefficient (Wildman–Crippen LogP) is 0.295. The van der Waals surface area contributed by atoms with Gasteiger partial charge in [-0.2, -0.15) is 8.78 Å². The van der Waals surface area contributed by atoms with Crippen LogP contribution in [0.2, 0.25) is 0 Å². The van der Waals surface area contributed by atoms with Gasteiger partial charge in [0.15, 0.2) is 6.29 Å². The molecular weight excluding hydrogens is 134 g/mol. The van der Waals surface area contributed by atoms with Crippen LogP contribution in [0.1, 0.15) is 6.42 Å². The lowest BCUT2D eigenvalue weighted by molar-refractivity contribution is -0.149. The predicted molar refractivity (Wildman–Crippen MR) is 23.3 cm³/mol. The second kappa shape index (κ2) is 2.52. The molecule has 0 radical (unpaired) electrons. The molecule has 0 atom stereocenters. The van der Waals surface area contributed by atoms with Gasteiger partial charge in [-0.1, -0.05) is 0 Å². The molecule has 0 saturated carbocycles. The number of aldehydes is 1. The van der Waals surface area contributed by atoms with Gasteiger partial charge in [-0.3, -0.25) is 9.59 Å². The first-order valence-corrected chi connectivity index (χ1v) is 2.04. The number of aliphatic carboxylic acids is 1. The molecule has 0 amide bonds. The Morgan fingerprint density at radius 1 is 1.67 bits per heavy atom. The van der Waals surface area contributed by atoms with E-state index in [1.807, 2.05) is 0 Å². The first-order chi connectivity index (χ1) is 3.98. The minimum Gasteiger partial charge on any atom is -0.481 e. The summed E-state index contributed by atoms with van der Waals surface area (Å²) < 4.78 is 23.3. The number of hydrogen-bond acceptors (Lipinski definition) is 2. The van der Waals surface area contributed by atoms with Gasteiger partial charge in [0.05, 0.1) is 0 Å². The van der Waals surface area contributed by atoms with E-state index >= 15 is 0 Å². The molecular formula is C4H4F2O3. The molecule has 0 aromatic rings. The van der Waals surface area contributed by atoms with E-state index in [9.17, 15) is 18.4 Å². The summed E-state index contributed by atoms with van der Waals surface area (Å²) in [5, 5.41) is 7.74. The van der Waals surface area contributed by atoms with Gasteiger partial charge < -0.3 is 5.11 Å². The third-order valence-corrected chi connectivity index (χ3v) is 0.559. The molecule has 0 aromatic heterocycles. The zero-order valence-corrected chi connectivity index (χ0v) is 4.30. The zero-order chi connectivity index (χ0) is 7.49. The molecule has 0 saturated heterocycles. The third kappa shape index (κ3) is 3.57. The van der Waals surface area contributed by atoms with Crippen LogP contribution in [0.25, 0.3) is 0 Å². The highest BCUT2D eigenvalue weighted by atomic mass is 19.3. The average Bonchev–Trinajstić information content (AvgIpc) is 1.63. The first kappa shape index (κ1) is 8.00. The zero-order valence-electron chi connectivity index (χ0n) is 4.30. The summed E-state index contributed by atoms with van der Waals surface area (Å²) in [6.45, 7) is 0. The highest BCUT2D eigenvalue weighted by Crippen LogP contribution is 2.13. The third-order valence-electron chi connectivity index (χ3n) is 0.559. The van der Waals surface area contributed by atoms with Crippen molar-refractivity contribution in [2.45, 2.75) is 12.3 Å². The van der Waals surface area contributed by atoms with Crippen molar-refractivity contribution in [3.8, 4) is 0 Å². The summed E-state index contributed by atoms with van der Waals surface area (Å²) in [6.07, 6.45) is -2.11. The molecule has 9 heavy (non-hydrogen) atoms. The molecule has 5 heteroatoms. The van der Waals surface area contributed by atoms with E-state index in [0.717, 1.165) is 0 Å².